The largest absolute Gasteiger partial charge is 0.497 e. The molecule has 0 unspecified atom stereocenters. The highest BCUT2D eigenvalue weighted by Crippen LogP contribution is 2.30. The Hall–Kier alpha value is -3.03. The molecule has 144 valence electrons. The summed E-state index contributed by atoms with van der Waals surface area (Å²) in [5.74, 6) is 0.166. The maximum Gasteiger partial charge on any atom is 0.325 e. The molecule has 0 bridgehead atoms. The van der Waals surface area contributed by atoms with E-state index < -0.39 is 5.97 Å². The van der Waals surface area contributed by atoms with Crippen LogP contribution in [0.3, 0.4) is 0 Å². The first kappa shape index (κ1) is 18.8. The number of likely N-dealkylation sites (tertiary alicyclic amines) is 1. The van der Waals surface area contributed by atoms with E-state index in [1.165, 1.54) is 11.8 Å². The van der Waals surface area contributed by atoms with E-state index in [9.17, 15) is 9.59 Å². The second-order valence-corrected chi connectivity index (χ2v) is 6.49. The van der Waals surface area contributed by atoms with E-state index in [1.54, 1.807) is 36.4 Å². The Labute approximate surface area is 157 Å². The van der Waals surface area contributed by atoms with Crippen LogP contribution in [-0.4, -0.2) is 59.0 Å². The second kappa shape index (κ2) is 8.11. The lowest BCUT2D eigenvalue weighted by Crippen LogP contribution is -2.39. The standard InChI is InChI=1S/C19H23N3O5/c1-26-14-5-6-15(17(10-14)27-2)19(25)21-8-3-4-13(11-21)16-7-9-22(20-16)12-18(23)24/h5-7,9-10,13H,3-4,8,11-12H2,1-2H3,(H,23,24)/t13-/m1/s1. The molecule has 1 atom stereocenters. The summed E-state index contributed by atoms with van der Waals surface area (Å²) in [5, 5.41) is 13.2. The van der Waals surface area contributed by atoms with Crippen molar-refractivity contribution < 1.29 is 24.2 Å². The molecule has 1 amide bonds. The number of aliphatic carboxylic acids is 1. The fourth-order valence-electron chi connectivity index (χ4n) is 3.37. The third-order valence-electron chi connectivity index (χ3n) is 4.72. The van der Waals surface area contributed by atoms with Gasteiger partial charge in [0.1, 0.15) is 18.0 Å². The van der Waals surface area contributed by atoms with Gasteiger partial charge < -0.3 is 19.5 Å². The SMILES string of the molecule is COc1ccc(C(=O)N2CCC[C@@H](c3ccn(CC(=O)O)n3)C2)c(OC)c1. The van der Waals surface area contributed by atoms with Crippen LogP contribution in [0.1, 0.15) is 34.8 Å². The van der Waals surface area contributed by atoms with E-state index in [0.29, 0.717) is 30.2 Å². The summed E-state index contributed by atoms with van der Waals surface area (Å²) in [5.41, 5.74) is 1.31. The summed E-state index contributed by atoms with van der Waals surface area (Å²) >= 11 is 0. The van der Waals surface area contributed by atoms with Gasteiger partial charge in [0.25, 0.3) is 5.91 Å². The first-order valence-electron chi connectivity index (χ1n) is 8.78. The number of benzene rings is 1. The molecule has 1 aliphatic heterocycles. The van der Waals surface area contributed by atoms with Crippen LogP contribution >= 0.6 is 0 Å². The molecule has 0 saturated carbocycles. The van der Waals surface area contributed by atoms with E-state index in [-0.39, 0.29) is 18.4 Å². The van der Waals surface area contributed by atoms with Gasteiger partial charge in [-0.05, 0) is 31.0 Å². The van der Waals surface area contributed by atoms with Gasteiger partial charge >= 0.3 is 5.97 Å². The Morgan fingerprint density at radius 2 is 2.07 bits per heavy atom. The van der Waals surface area contributed by atoms with Crippen molar-refractivity contribution in [2.24, 2.45) is 0 Å². The van der Waals surface area contributed by atoms with Gasteiger partial charge in [0, 0.05) is 31.3 Å². The lowest BCUT2D eigenvalue weighted by Gasteiger charge is -2.32. The summed E-state index contributed by atoms with van der Waals surface area (Å²) in [4.78, 5) is 25.6. The van der Waals surface area contributed by atoms with Gasteiger partial charge in [-0.1, -0.05) is 0 Å². The van der Waals surface area contributed by atoms with Gasteiger partial charge in [-0.3, -0.25) is 14.3 Å². The Bertz CT molecular complexity index is 833. The number of nitrogens with zero attached hydrogens (tertiary/aromatic N) is 3. The normalized spacial score (nSPS) is 16.8. The molecule has 0 aliphatic carbocycles. The van der Waals surface area contributed by atoms with Crippen LogP contribution in [0.15, 0.2) is 30.5 Å². The molecule has 3 rings (SSSR count). The minimum Gasteiger partial charge on any atom is -0.497 e. The molecule has 27 heavy (non-hydrogen) atoms. The Morgan fingerprint density at radius 3 is 2.78 bits per heavy atom. The second-order valence-electron chi connectivity index (χ2n) is 6.49. The molecule has 1 aliphatic rings. The molecule has 0 spiro atoms. The average molecular weight is 373 g/mol. The lowest BCUT2D eigenvalue weighted by molar-refractivity contribution is -0.137. The monoisotopic (exact) mass is 373 g/mol. The van der Waals surface area contributed by atoms with E-state index in [0.717, 1.165) is 18.5 Å². The molecule has 1 aromatic heterocycles. The number of rotatable bonds is 6. The minimum absolute atomic E-state index is 0.0852. The number of piperidine rings is 1. The van der Waals surface area contributed by atoms with Crippen LogP contribution in [0.5, 0.6) is 11.5 Å². The summed E-state index contributed by atoms with van der Waals surface area (Å²) in [6.07, 6.45) is 3.44. The fourth-order valence-corrected chi connectivity index (χ4v) is 3.37. The molecule has 0 radical (unpaired) electrons. The Morgan fingerprint density at radius 1 is 1.26 bits per heavy atom. The van der Waals surface area contributed by atoms with Crippen molar-refractivity contribution in [1.29, 1.82) is 0 Å². The minimum atomic E-state index is -0.934. The maximum absolute atomic E-state index is 13.0. The zero-order valence-corrected chi connectivity index (χ0v) is 15.4. The average Bonchev–Trinajstić information content (AvgIpc) is 3.14. The van der Waals surface area contributed by atoms with Gasteiger partial charge in [0.05, 0.1) is 25.5 Å². The first-order valence-corrected chi connectivity index (χ1v) is 8.78. The summed E-state index contributed by atoms with van der Waals surface area (Å²) in [6.45, 7) is 1.04. The highest BCUT2D eigenvalue weighted by Gasteiger charge is 2.28. The predicted molar refractivity (Wildman–Crippen MR) is 97.3 cm³/mol. The zero-order valence-electron chi connectivity index (χ0n) is 15.4. The number of aromatic nitrogens is 2. The number of hydrogen-bond donors (Lipinski definition) is 1. The third kappa shape index (κ3) is 4.21. The number of methoxy groups -OCH3 is 2. The van der Waals surface area contributed by atoms with Crippen molar-refractivity contribution in [3.8, 4) is 11.5 Å². The van der Waals surface area contributed by atoms with Crippen molar-refractivity contribution in [3.05, 3.63) is 41.7 Å². The molecular weight excluding hydrogens is 350 g/mol. The summed E-state index contributed by atoms with van der Waals surface area (Å²) in [6, 6.07) is 6.98. The number of carbonyl (C=O) groups excluding carboxylic acids is 1. The third-order valence-corrected chi connectivity index (χ3v) is 4.72. The number of carboxylic acid groups (broad SMARTS) is 1. The molecule has 1 aromatic carbocycles. The number of carbonyl (C=O) groups is 2. The Balaban J connectivity index is 1.75. The zero-order chi connectivity index (χ0) is 19.4. The van der Waals surface area contributed by atoms with Crippen molar-refractivity contribution in [2.75, 3.05) is 27.3 Å². The van der Waals surface area contributed by atoms with Gasteiger partial charge in [0.2, 0.25) is 0 Å². The molecular formula is C19H23N3O5. The number of carboxylic acids is 1. The lowest BCUT2D eigenvalue weighted by atomic mass is 9.94. The first-order chi connectivity index (χ1) is 13.0. The summed E-state index contributed by atoms with van der Waals surface area (Å²) in [7, 11) is 3.09. The number of ether oxygens (including phenoxy) is 2. The maximum atomic E-state index is 13.0. The van der Waals surface area contributed by atoms with Crippen LogP contribution in [0, 0.1) is 0 Å². The molecule has 1 N–H and O–H groups in total. The van der Waals surface area contributed by atoms with Crippen molar-refractivity contribution in [3.63, 3.8) is 0 Å². The Kier molecular flexibility index (Phi) is 5.63. The van der Waals surface area contributed by atoms with Crippen molar-refractivity contribution in [1.82, 2.24) is 14.7 Å². The molecule has 1 saturated heterocycles. The van der Waals surface area contributed by atoms with Gasteiger partial charge in [-0.2, -0.15) is 5.10 Å². The predicted octanol–water partition coefficient (Wildman–Crippen LogP) is 2.00. The molecule has 8 heteroatoms. The highest BCUT2D eigenvalue weighted by atomic mass is 16.5. The van der Waals surface area contributed by atoms with E-state index in [1.807, 2.05) is 6.07 Å². The number of amides is 1. The van der Waals surface area contributed by atoms with Crippen LogP contribution in [0.4, 0.5) is 0 Å². The molecule has 2 heterocycles. The quantitative estimate of drug-likeness (QED) is 0.832. The van der Waals surface area contributed by atoms with Crippen LogP contribution in [0.2, 0.25) is 0 Å². The van der Waals surface area contributed by atoms with Crippen LogP contribution < -0.4 is 9.47 Å². The molecule has 2 aromatic rings. The van der Waals surface area contributed by atoms with E-state index >= 15 is 0 Å². The smallest absolute Gasteiger partial charge is 0.325 e. The van der Waals surface area contributed by atoms with Gasteiger partial charge in [-0.25, -0.2) is 0 Å². The fraction of sp³-hybridized carbons (Fsp3) is 0.421. The van der Waals surface area contributed by atoms with Crippen molar-refractivity contribution in [2.45, 2.75) is 25.3 Å². The topological polar surface area (TPSA) is 93.9 Å². The van der Waals surface area contributed by atoms with Gasteiger partial charge in [0.15, 0.2) is 0 Å². The van der Waals surface area contributed by atoms with E-state index in [4.69, 9.17) is 14.6 Å². The van der Waals surface area contributed by atoms with Gasteiger partial charge in [-0.15, -0.1) is 0 Å². The summed E-state index contributed by atoms with van der Waals surface area (Å²) < 4.78 is 11.9. The molecule has 8 nitrogen and oxygen atoms in total. The van der Waals surface area contributed by atoms with Crippen LogP contribution in [0.25, 0.3) is 0 Å². The van der Waals surface area contributed by atoms with Crippen molar-refractivity contribution >= 4 is 11.9 Å². The van der Waals surface area contributed by atoms with Crippen LogP contribution in [-0.2, 0) is 11.3 Å². The highest BCUT2D eigenvalue weighted by molar-refractivity contribution is 5.97. The number of hydrogen-bond acceptors (Lipinski definition) is 5. The molecule has 1 fully saturated rings. The van der Waals surface area contributed by atoms with E-state index in [2.05, 4.69) is 5.10 Å².